The van der Waals surface area contributed by atoms with Gasteiger partial charge >= 0.3 is 0 Å². The smallest absolute Gasteiger partial charge is 0.146 e. The fraction of sp³-hybridized carbons (Fsp3) is 0.0606. The molecule has 7 aromatic rings. The maximum absolute atomic E-state index is 12.4. The number of imidazole rings is 1. The third-order valence-corrected chi connectivity index (χ3v) is 8.84. The number of para-hydroxylation sites is 3. The largest absolute Gasteiger partial charge is 0.319 e. The fourth-order valence-corrected chi connectivity index (χ4v) is 6.22. The van der Waals surface area contributed by atoms with Crippen LogP contribution < -0.4 is 5.30 Å². The molecule has 37 heavy (non-hydrogen) atoms. The summed E-state index contributed by atoms with van der Waals surface area (Å²) in [5, 5.41) is 4.49. The van der Waals surface area contributed by atoms with Crippen LogP contribution in [-0.4, -0.2) is 22.7 Å². The van der Waals surface area contributed by atoms with Crippen molar-refractivity contribution in [1.29, 1.82) is 0 Å². The molecule has 0 N–H and O–H groups in total. The number of hydrogen-bond acceptors (Lipinski definition) is 2. The normalized spacial score (nSPS) is 12.2. The van der Waals surface area contributed by atoms with Crippen molar-refractivity contribution in [3.05, 3.63) is 115 Å². The van der Waals surface area contributed by atoms with Crippen molar-refractivity contribution in [3.8, 4) is 22.3 Å². The monoisotopic (exact) mass is 496 g/mol. The molecule has 0 radical (unpaired) electrons. The molecule has 178 valence electrons. The zero-order valence-corrected chi connectivity index (χ0v) is 21.6. The van der Waals surface area contributed by atoms with Gasteiger partial charge in [0.25, 0.3) is 0 Å². The van der Waals surface area contributed by atoms with Crippen molar-refractivity contribution in [2.45, 2.75) is 0 Å². The standard InChI is InChI=1S/C33H25N2OP/c1-37(2,36)26-18-15-23(16-19-26)22-11-13-24(14-12-22)25-17-20-28-29(21-25)27-7-3-5-9-31(27)35-32-10-6-4-8-30(32)34-33(28)35/h3-21H,1-2H3. The summed E-state index contributed by atoms with van der Waals surface area (Å²) < 4.78 is 14.6. The lowest BCUT2D eigenvalue weighted by molar-refractivity contribution is 0.588. The molecule has 0 bridgehead atoms. The molecule has 3 nitrogen and oxygen atoms in total. The van der Waals surface area contributed by atoms with Crippen molar-refractivity contribution < 1.29 is 4.57 Å². The van der Waals surface area contributed by atoms with Crippen LogP contribution in [0.3, 0.4) is 0 Å². The highest BCUT2D eigenvalue weighted by Gasteiger charge is 2.14. The summed E-state index contributed by atoms with van der Waals surface area (Å²) in [6.07, 6.45) is 0. The first-order valence-corrected chi connectivity index (χ1v) is 15.1. The van der Waals surface area contributed by atoms with E-state index in [4.69, 9.17) is 4.98 Å². The van der Waals surface area contributed by atoms with E-state index in [9.17, 15) is 4.57 Å². The second kappa shape index (κ2) is 8.16. The van der Waals surface area contributed by atoms with Crippen molar-refractivity contribution in [2.24, 2.45) is 0 Å². The Hall–Kier alpha value is -4.20. The molecule has 0 fully saturated rings. The maximum atomic E-state index is 12.4. The highest BCUT2D eigenvalue weighted by molar-refractivity contribution is 7.70. The Balaban J connectivity index is 1.36. The molecule has 0 unspecified atom stereocenters. The van der Waals surface area contributed by atoms with Gasteiger partial charge in [-0.1, -0.05) is 84.9 Å². The number of rotatable bonds is 3. The van der Waals surface area contributed by atoms with Crippen LogP contribution in [0.1, 0.15) is 0 Å². The first-order chi connectivity index (χ1) is 18.0. The van der Waals surface area contributed by atoms with Crippen LogP contribution in [0.2, 0.25) is 0 Å². The van der Waals surface area contributed by atoms with E-state index in [1.54, 1.807) is 0 Å². The predicted molar refractivity (Wildman–Crippen MR) is 158 cm³/mol. The van der Waals surface area contributed by atoms with E-state index in [1.807, 2.05) is 31.5 Å². The molecule has 0 atom stereocenters. The minimum Gasteiger partial charge on any atom is -0.319 e. The molecule has 0 aliphatic carbocycles. The first-order valence-electron chi connectivity index (χ1n) is 12.5. The van der Waals surface area contributed by atoms with Gasteiger partial charge < -0.3 is 4.57 Å². The van der Waals surface area contributed by atoms with Crippen molar-refractivity contribution in [2.75, 3.05) is 13.3 Å². The maximum Gasteiger partial charge on any atom is 0.146 e. The lowest BCUT2D eigenvalue weighted by Gasteiger charge is -2.11. The number of nitrogens with zero attached hydrogens (tertiary/aromatic N) is 2. The number of pyridine rings is 1. The summed E-state index contributed by atoms with van der Waals surface area (Å²) in [4.78, 5) is 5.01. The molecule has 4 heteroatoms. The van der Waals surface area contributed by atoms with Crippen molar-refractivity contribution in [1.82, 2.24) is 9.38 Å². The zero-order chi connectivity index (χ0) is 25.1. The van der Waals surface area contributed by atoms with Crippen LogP contribution in [0.5, 0.6) is 0 Å². The third-order valence-electron chi connectivity index (χ3n) is 7.30. The fourth-order valence-electron chi connectivity index (χ4n) is 5.36. The number of fused-ring (bicyclic) bond motifs is 8. The lowest BCUT2D eigenvalue weighted by Crippen LogP contribution is -2.01. The van der Waals surface area contributed by atoms with Crippen LogP contribution in [0.25, 0.3) is 60.6 Å². The van der Waals surface area contributed by atoms with Crippen molar-refractivity contribution in [3.63, 3.8) is 0 Å². The summed E-state index contributed by atoms with van der Waals surface area (Å²) >= 11 is 0. The molecule has 0 spiro atoms. The third kappa shape index (κ3) is 3.58. The highest BCUT2D eigenvalue weighted by Crippen LogP contribution is 2.36. The van der Waals surface area contributed by atoms with E-state index in [0.717, 1.165) is 38.5 Å². The lowest BCUT2D eigenvalue weighted by atomic mass is 9.97. The molecular formula is C33H25N2OP. The van der Waals surface area contributed by atoms with Gasteiger partial charge in [0.15, 0.2) is 0 Å². The average molecular weight is 497 g/mol. The van der Waals surface area contributed by atoms with Gasteiger partial charge in [-0.2, -0.15) is 0 Å². The Labute approximate surface area is 215 Å². The molecule has 0 aliphatic heterocycles. The number of benzene rings is 5. The van der Waals surface area contributed by atoms with Crippen LogP contribution in [-0.2, 0) is 4.57 Å². The SMILES string of the molecule is CP(C)(=O)c1ccc(-c2ccc(-c3ccc4c(c3)c3ccccc3n3c5ccccc5nc43)cc2)cc1. The van der Waals surface area contributed by atoms with Gasteiger partial charge in [-0.15, -0.1) is 0 Å². The number of hydrogen-bond donors (Lipinski definition) is 0. The molecule has 0 aliphatic rings. The summed E-state index contributed by atoms with van der Waals surface area (Å²) in [6.45, 7) is 3.62. The Morgan fingerprint density at radius 3 is 1.84 bits per heavy atom. The topological polar surface area (TPSA) is 34.4 Å². The molecule has 5 aromatic carbocycles. The molecule has 0 amide bonds. The number of aromatic nitrogens is 2. The Kier molecular flexibility index (Phi) is 4.86. The Bertz CT molecular complexity index is 2010. The first kappa shape index (κ1) is 22.0. The average Bonchev–Trinajstić information content (AvgIpc) is 3.33. The van der Waals surface area contributed by atoms with Gasteiger partial charge in [0.1, 0.15) is 12.8 Å². The molecule has 0 saturated carbocycles. The summed E-state index contributed by atoms with van der Waals surface area (Å²) in [6, 6.07) is 40.4. The second-order valence-electron chi connectivity index (χ2n) is 10.0. The predicted octanol–water partition coefficient (Wildman–Crippen LogP) is 8.38. The quantitative estimate of drug-likeness (QED) is 0.182. The van der Waals surface area contributed by atoms with Gasteiger partial charge in [-0.05, 0) is 71.3 Å². The Morgan fingerprint density at radius 2 is 1.14 bits per heavy atom. The van der Waals surface area contributed by atoms with Crippen LogP contribution in [0, 0.1) is 0 Å². The summed E-state index contributed by atoms with van der Waals surface area (Å²) in [7, 11) is -2.25. The minimum absolute atomic E-state index is 0.913. The highest BCUT2D eigenvalue weighted by atomic mass is 31.2. The second-order valence-corrected chi connectivity index (χ2v) is 13.2. The van der Waals surface area contributed by atoms with E-state index < -0.39 is 7.14 Å². The van der Waals surface area contributed by atoms with Gasteiger partial charge in [0.2, 0.25) is 0 Å². The van der Waals surface area contributed by atoms with Gasteiger partial charge in [-0.3, -0.25) is 4.40 Å². The van der Waals surface area contributed by atoms with Gasteiger partial charge in [0.05, 0.1) is 16.6 Å². The van der Waals surface area contributed by atoms with Crippen LogP contribution in [0.15, 0.2) is 115 Å². The summed E-state index contributed by atoms with van der Waals surface area (Å²) in [5.74, 6) is 0. The van der Waals surface area contributed by atoms with E-state index in [0.29, 0.717) is 0 Å². The molecule has 0 saturated heterocycles. The van der Waals surface area contributed by atoms with E-state index >= 15 is 0 Å². The van der Waals surface area contributed by atoms with Crippen molar-refractivity contribution >= 4 is 50.8 Å². The van der Waals surface area contributed by atoms with Crippen LogP contribution >= 0.6 is 7.14 Å². The van der Waals surface area contributed by atoms with Gasteiger partial charge in [-0.25, -0.2) is 4.98 Å². The molecule has 2 heterocycles. The minimum atomic E-state index is -2.25. The van der Waals surface area contributed by atoms with Crippen LogP contribution in [0.4, 0.5) is 0 Å². The zero-order valence-electron chi connectivity index (χ0n) is 20.7. The van der Waals surface area contributed by atoms with E-state index in [-0.39, 0.29) is 0 Å². The van der Waals surface area contributed by atoms with Gasteiger partial charge in [0, 0.05) is 16.1 Å². The van der Waals surface area contributed by atoms with E-state index in [2.05, 4.69) is 101 Å². The molecular weight excluding hydrogens is 471 g/mol. The molecule has 7 rings (SSSR count). The van der Waals surface area contributed by atoms with E-state index in [1.165, 1.54) is 27.4 Å². The summed E-state index contributed by atoms with van der Waals surface area (Å²) in [5.41, 5.74) is 8.92. The Morgan fingerprint density at radius 1 is 0.568 bits per heavy atom. The molecule has 2 aromatic heterocycles.